The first kappa shape index (κ1) is 28.0. The number of carbonyl (C=O) groups excluding carboxylic acids is 2. The number of nitrogens with zero attached hydrogens (tertiary/aromatic N) is 3. The molecule has 0 bridgehead atoms. The SMILES string of the molecule is CN[C@@H](C)C(=O)N[C@H](C(=O)N1CCC[C@H]1c1cc(-c2cccc(C(F)(F)F)c2)nc(C)n1)C1CCCCC1. The van der Waals surface area contributed by atoms with Crippen LogP contribution in [0, 0.1) is 12.8 Å². The summed E-state index contributed by atoms with van der Waals surface area (Å²) in [6.45, 7) is 3.99. The fourth-order valence-corrected chi connectivity index (χ4v) is 5.54. The summed E-state index contributed by atoms with van der Waals surface area (Å²) in [6.07, 6.45) is 1.95. The molecule has 3 atom stereocenters. The lowest BCUT2D eigenvalue weighted by atomic mass is 9.83. The average Bonchev–Trinajstić information content (AvgIpc) is 3.40. The molecule has 2 aromatic rings. The molecular weight excluding hydrogens is 495 g/mol. The number of alkyl halides is 3. The largest absolute Gasteiger partial charge is 0.416 e. The molecule has 7 nitrogen and oxygen atoms in total. The van der Waals surface area contributed by atoms with Crippen molar-refractivity contribution < 1.29 is 22.8 Å². The topological polar surface area (TPSA) is 87.2 Å². The number of likely N-dealkylation sites (N-methyl/N-ethyl adjacent to an activating group) is 1. The van der Waals surface area contributed by atoms with E-state index < -0.39 is 23.8 Å². The zero-order valence-corrected chi connectivity index (χ0v) is 22.1. The Kier molecular flexibility index (Phi) is 8.70. The summed E-state index contributed by atoms with van der Waals surface area (Å²) in [5.41, 5.74) is 0.592. The Morgan fingerprint density at radius 1 is 1.05 bits per heavy atom. The number of aromatic nitrogens is 2. The molecule has 0 radical (unpaired) electrons. The summed E-state index contributed by atoms with van der Waals surface area (Å²) in [5, 5.41) is 5.96. The van der Waals surface area contributed by atoms with Gasteiger partial charge in [0.2, 0.25) is 11.8 Å². The Morgan fingerprint density at radius 2 is 1.79 bits per heavy atom. The number of nitrogens with one attached hydrogen (secondary N) is 2. The number of amides is 2. The van der Waals surface area contributed by atoms with Crippen molar-refractivity contribution in [1.29, 1.82) is 0 Å². The van der Waals surface area contributed by atoms with Crippen molar-refractivity contribution in [3.05, 3.63) is 47.4 Å². The zero-order valence-electron chi connectivity index (χ0n) is 22.1. The normalized spacial score (nSPS) is 20.3. The lowest BCUT2D eigenvalue weighted by molar-refractivity contribution is -0.139. The maximum atomic E-state index is 14.0. The molecule has 1 aliphatic carbocycles. The van der Waals surface area contributed by atoms with E-state index in [0.29, 0.717) is 35.7 Å². The van der Waals surface area contributed by atoms with Crippen LogP contribution in [0.25, 0.3) is 11.3 Å². The van der Waals surface area contributed by atoms with Gasteiger partial charge in [-0.2, -0.15) is 13.2 Å². The molecule has 2 fully saturated rings. The van der Waals surface area contributed by atoms with Crippen molar-refractivity contribution in [2.24, 2.45) is 5.92 Å². The van der Waals surface area contributed by atoms with Crippen LogP contribution in [-0.2, 0) is 15.8 Å². The fraction of sp³-hybridized carbons (Fsp3) is 0.571. The average molecular weight is 532 g/mol. The van der Waals surface area contributed by atoms with E-state index in [4.69, 9.17) is 0 Å². The van der Waals surface area contributed by atoms with Gasteiger partial charge in [-0.15, -0.1) is 0 Å². The highest BCUT2D eigenvalue weighted by Gasteiger charge is 2.40. The number of carbonyl (C=O) groups is 2. The van der Waals surface area contributed by atoms with Gasteiger partial charge in [0.15, 0.2) is 0 Å². The molecule has 4 rings (SSSR count). The first-order chi connectivity index (χ1) is 18.1. The number of hydrogen-bond acceptors (Lipinski definition) is 5. The molecule has 38 heavy (non-hydrogen) atoms. The molecule has 1 saturated carbocycles. The van der Waals surface area contributed by atoms with Gasteiger partial charge in [-0.25, -0.2) is 9.97 Å². The molecule has 2 aliphatic rings. The van der Waals surface area contributed by atoms with Crippen molar-refractivity contribution in [2.45, 2.75) is 83.1 Å². The Balaban J connectivity index is 1.63. The van der Waals surface area contributed by atoms with Gasteiger partial charge in [0.25, 0.3) is 0 Å². The Bertz CT molecular complexity index is 1150. The first-order valence-corrected chi connectivity index (χ1v) is 13.4. The maximum Gasteiger partial charge on any atom is 0.416 e. The van der Waals surface area contributed by atoms with Gasteiger partial charge in [-0.1, -0.05) is 31.4 Å². The Labute approximate surface area is 221 Å². The van der Waals surface area contributed by atoms with Crippen molar-refractivity contribution in [3.63, 3.8) is 0 Å². The minimum Gasteiger partial charge on any atom is -0.343 e. The molecule has 1 aliphatic heterocycles. The number of halogens is 3. The first-order valence-electron chi connectivity index (χ1n) is 13.4. The summed E-state index contributed by atoms with van der Waals surface area (Å²) in [6, 6.07) is 5.38. The van der Waals surface area contributed by atoms with Crippen LogP contribution in [0.1, 0.15) is 75.0 Å². The van der Waals surface area contributed by atoms with Crippen LogP contribution in [0.5, 0.6) is 0 Å². The van der Waals surface area contributed by atoms with E-state index in [2.05, 4.69) is 20.6 Å². The standard InChI is InChI=1S/C28H36F3N5O2/c1-17(32-3)26(37)35-25(19-9-5-4-6-10-19)27(38)36-14-8-13-24(36)23-16-22(33-18(2)34-23)20-11-7-12-21(15-20)28(29,30)31/h7,11-12,15-17,19,24-25,32H,4-6,8-10,13-14H2,1-3H3,(H,35,37)/t17-,24-,25-/m0/s1. The predicted octanol–water partition coefficient (Wildman–Crippen LogP) is 4.81. The van der Waals surface area contributed by atoms with Crippen LogP contribution in [0.15, 0.2) is 30.3 Å². The van der Waals surface area contributed by atoms with Gasteiger partial charge in [0.1, 0.15) is 11.9 Å². The number of aryl methyl sites for hydroxylation is 1. The minimum atomic E-state index is -4.46. The number of likely N-dealkylation sites (tertiary alicyclic amines) is 1. The Hall–Kier alpha value is -3.01. The van der Waals surface area contributed by atoms with Gasteiger partial charge in [0, 0.05) is 12.1 Å². The van der Waals surface area contributed by atoms with Gasteiger partial charge >= 0.3 is 6.18 Å². The van der Waals surface area contributed by atoms with Gasteiger partial charge in [0.05, 0.1) is 29.0 Å². The lowest BCUT2D eigenvalue weighted by Crippen LogP contribution is -2.55. The molecule has 2 amide bonds. The smallest absolute Gasteiger partial charge is 0.343 e. The summed E-state index contributed by atoms with van der Waals surface area (Å²) in [4.78, 5) is 37.6. The summed E-state index contributed by atoms with van der Waals surface area (Å²) < 4.78 is 39.9. The third-order valence-corrected chi connectivity index (χ3v) is 7.73. The fourth-order valence-electron chi connectivity index (χ4n) is 5.54. The van der Waals surface area contributed by atoms with Gasteiger partial charge in [-0.3, -0.25) is 9.59 Å². The maximum absolute atomic E-state index is 14.0. The second-order valence-corrected chi connectivity index (χ2v) is 10.4. The second kappa shape index (κ2) is 11.8. The highest BCUT2D eigenvalue weighted by Crippen LogP contribution is 2.36. The lowest BCUT2D eigenvalue weighted by Gasteiger charge is -2.35. The zero-order chi connectivity index (χ0) is 27.4. The van der Waals surface area contributed by atoms with E-state index >= 15 is 0 Å². The van der Waals surface area contributed by atoms with Crippen molar-refractivity contribution in [1.82, 2.24) is 25.5 Å². The van der Waals surface area contributed by atoms with Crippen LogP contribution in [0.4, 0.5) is 13.2 Å². The minimum absolute atomic E-state index is 0.0679. The van der Waals surface area contributed by atoms with Crippen molar-refractivity contribution in [2.75, 3.05) is 13.6 Å². The summed E-state index contributed by atoms with van der Waals surface area (Å²) in [5.74, 6) is 0.164. The summed E-state index contributed by atoms with van der Waals surface area (Å²) in [7, 11) is 1.71. The van der Waals surface area contributed by atoms with Crippen molar-refractivity contribution >= 4 is 11.8 Å². The van der Waals surface area contributed by atoms with Crippen LogP contribution in [0.3, 0.4) is 0 Å². The molecule has 0 spiro atoms. The van der Waals surface area contributed by atoms with Crippen LogP contribution < -0.4 is 10.6 Å². The van der Waals surface area contributed by atoms with Crippen LogP contribution in [0.2, 0.25) is 0 Å². The number of hydrogen-bond donors (Lipinski definition) is 2. The highest BCUT2D eigenvalue weighted by atomic mass is 19.4. The van der Waals surface area contributed by atoms with Crippen molar-refractivity contribution in [3.8, 4) is 11.3 Å². The van der Waals surface area contributed by atoms with E-state index in [1.54, 1.807) is 37.9 Å². The van der Waals surface area contributed by atoms with E-state index in [0.717, 1.165) is 50.7 Å². The summed E-state index contributed by atoms with van der Waals surface area (Å²) >= 11 is 0. The van der Waals surface area contributed by atoms with Crippen LogP contribution >= 0.6 is 0 Å². The van der Waals surface area contributed by atoms with Gasteiger partial charge in [-0.05, 0) is 70.7 Å². The van der Waals surface area contributed by atoms with Gasteiger partial charge < -0.3 is 15.5 Å². The quantitative estimate of drug-likeness (QED) is 0.536. The molecule has 2 N–H and O–H groups in total. The molecule has 206 valence electrons. The molecule has 1 aromatic carbocycles. The molecule has 2 heterocycles. The third-order valence-electron chi connectivity index (χ3n) is 7.73. The second-order valence-electron chi connectivity index (χ2n) is 10.4. The van der Waals surface area contributed by atoms with E-state index in [1.165, 1.54) is 6.07 Å². The molecule has 10 heteroatoms. The predicted molar refractivity (Wildman–Crippen MR) is 138 cm³/mol. The number of benzene rings is 1. The number of rotatable bonds is 7. The Morgan fingerprint density at radius 3 is 2.47 bits per heavy atom. The molecule has 1 aromatic heterocycles. The molecule has 0 unspecified atom stereocenters. The van der Waals surface area contributed by atoms with Crippen LogP contribution in [-0.4, -0.2) is 52.4 Å². The highest BCUT2D eigenvalue weighted by molar-refractivity contribution is 5.90. The third kappa shape index (κ3) is 6.34. The van der Waals surface area contributed by atoms with E-state index in [-0.39, 0.29) is 23.8 Å². The molecular formula is C28H36F3N5O2. The molecule has 1 saturated heterocycles. The van der Waals surface area contributed by atoms with E-state index in [1.807, 2.05) is 0 Å². The van der Waals surface area contributed by atoms with E-state index in [9.17, 15) is 22.8 Å². The monoisotopic (exact) mass is 531 g/mol.